The minimum Gasteiger partial charge on any atom is -0.340 e. The van der Waals surface area contributed by atoms with Crippen molar-refractivity contribution >= 4 is 23.0 Å². The molecule has 3 rings (SSSR count). The van der Waals surface area contributed by atoms with Gasteiger partial charge in [-0.05, 0) is 35.9 Å². The van der Waals surface area contributed by atoms with Crippen LogP contribution in [0.3, 0.4) is 0 Å². The minimum absolute atomic E-state index is 0.121. The number of hydrogen-bond acceptors (Lipinski definition) is 4. The number of thiophene rings is 1. The average Bonchev–Trinajstić information content (AvgIpc) is 3.22. The van der Waals surface area contributed by atoms with Gasteiger partial charge in [0.05, 0.1) is 4.88 Å². The zero-order valence-electron chi connectivity index (χ0n) is 15.4. The molecule has 0 atom stereocenters. The van der Waals surface area contributed by atoms with Crippen molar-refractivity contribution in [3.63, 3.8) is 0 Å². The molecule has 1 saturated heterocycles. The summed E-state index contributed by atoms with van der Waals surface area (Å²) in [5, 5.41) is 1.89. The van der Waals surface area contributed by atoms with Crippen molar-refractivity contribution in [3.8, 4) is 0 Å². The summed E-state index contributed by atoms with van der Waals surface area (Å²) >= 11 is 1.45. The van der Waals surface area contributed by atoms with Crippen LogP contribution in [0.15, 0.2) is 41.8 Å². The molecular formula is C21H25FN2O2S. The van der Waals surface area contributed by atoms with Crippen molar-refractivity contribution in [2.75, 3.05) is 32.7 Å². The number of rotatable bonds is 8. The van der Waals surface area contributed by atoms with E-state index in [1.54, 1.807) is 6.07 Å². The van der Waals surface area contributed by atoms with Gasteiger partial charge in [-0.25, -0.2) is 4.39 Å². The molecule has 0 spiro atoms. The minimum atomic E-state index is -0.150. The summed E-state index contributed by atoms with van der Waals surface area (Å²) in [6.07, 6.45) is 2.13. The largest absolute Gasteiger partial charge is 0.340 e. The van der Waals surface area contributed by atoms with Gasteiger partial charge >= 0.3 is 0 Å². The van der Waals surface area contributed by atoms with Crippen LogP contribution in [0.1, 0.15) is 34.5 Å². The van der Waals surface area contributed by atoms with E-state index in [2.05, 4.69) is 4.90 Å². The van der Waals surface area contributed by atoms with E-state index in [9.17, 15) is 14.0 Å². The Bertz CT molecular complexity index is 755. The van der Waals surface area contributed by atoms with Gasteiger partial charge in [0.15, 0.2) is 5.78 Å². The van der Waals surface area contributed by atoms with Gasteiger partial charge < -0.3 is 4.90 Å². The van der Waals surface area contributed by atoms with Crippen LogP contribution in [-0.4, -0.2) is 54.2 Å². The third kappa shape index (κ3) is 5.71. The predicted molar refractivity (Wildman–Crippen MR) is 106 cm³/mol. The fourth-order valence-corrected chi connectivity index (χ4v) is 4.01. The lowest BCUT2D eigenvalue weighted by molar-refractivity contribution is -0.133. The molecule has 1 amide bonds. The van der Waals surface area contributed by atoms with E-state index < -0.39 is 0 Å². The highest BCUT2D eigenvalue weighted by atomic mass is 32.1. The van der Waals surface area contributed by atoms with Crippen LogP contribution in [0.4, 0.5) is 4.39 Å². The first-order valence-corrected chi connectivity index (χ1v) is 10.3. The van der Waals surface area contributed by atoms with Gasteiger partial charge in [-0.3, -0.25) is 14.5 Å². The molecule has 6 heteroatoms. The topological polar surface area (TPSA) is 40.6 Å². The summed E-state index contributed by atoms with van der Waals surface area (Å²) in [4.78, 5) is 29.2. The van der Waals surface area contributed by atoms with Gasteiger partial charge in [-0.15, -0.1) is 11.3 Å². The van der Waals surface area contributed by atoms with Crippen LogP contribution in [0.25, 0.3) is 0 Å². The molecule has 2 aromatic rings. The van der Waals surface area contributed by atoms with Crippen molar-refractivity contribution in [2.24, 2.45) is 0 Å². The van der Waals surface area contributed by atoms with Crippen molar-refractivity contribution < 1.29 is 14.0 Å². The Morgan fingerprint density at radius 1 is 1.00 bits per heavy atom. The van der Waals surface area contributed by atoms with Gasteiger partial charge in [-0.2, -0.15) is 0 Å². The number of benzene rings is 1. The maximum atomic E-state index is 13.7. The number of Topliss-reactive ketones (excluding diaryl/α,β-unsaturated/α-hetero) is 1. The lowest BCUT2D eigenvalue weighted by Gasteiger charge is -2.34. The fourth-order valence-electron chi connectivity index (χ4n) is 3.32. The Labute approximate surface area is 163 Å². The number of carbonyl (C=O) groups excluding carboxylic acids is 2. The van der Waals surface area contributed by atoms with Crippen molar-refractivity contribution in [1.29, 1.82) is 0 Å². The molecule has 4 nitrogen and oxygen atoms in total. The van der Waals surface area contributed by atoms with E-state index in [0.717, 1.165) is 30.1 Å². The van der Waals surface area contributed by atoms with Gasteiger partial charge in [-0.1, -0.05) is 24.3 Å². The molecule has 1 fully saturated rings. The zero-order chi connectivity index (χ0) is 19.1. The van der Waals surface area contributed by atoms with E-state index in [0.29, 0.717) is 38.8 Å². The van der Waals surface area contributed by atoms with Gasteiger partial charge in [0.25, 0.3) is 0 Å². The number of carbonyl (C=O) groups is 2. The Hall–Kier alpha value is -2.05. The summed E-state index contributed by atoms with van der Waals surface area (Å²) in [7, 11) is 0. The second kappa shape index (κ2) is 9.76. The van der Waals surface area contributed by atoms with Crippen LogP contribution in [0.5, 0.6) is 0 Å². The molecule has 144 valence electrons. The summed E-state index contributed by atoms with van der Waals surface area (Å²) in [5.74, 6) is 0.0990. The molecule has 2 heterocycles. The van der Waals surface area contributed by atoms with Crippen LogP contribution < -0.4 is 0 Å². The van der Waals surface area contributed by atoms with Crippen LogP contribution >= 0.6 is 11.3 Å². The van der Waals surface area contributed by atoms with E-state index in [1.807, 2.05) is 34.5 Å². The number of ketones is 1. The highest BCUT2D eigenvalue weighted by Crippen LogP contribution is 2.14. The first-order chi connectivity index (χ1) is 13.1. The average molecular weight is 389 g/mol. The van der Waals surface area contributed by atoms with E-state index >= 15 is 0 Å². The summed E-state index contributed by atoms with van der Waals surface area (Å²) < 4.78 is 13.7. The summed E-state index contributed by atoms with van der Waals surface area (Å²) in [6.45, 7) is 3.84. The third-order valence-corrected chi connectivity index (χ3v) is 5.88. The molecule has 0 unspecified atom stereocenters. The number of halogens is 1. The molecule has 0 saturated carbocycles. The van der Waals surface area contributed by atoms with Gasteiger partial charge in [0.2, 0.25) is 5.91 Å². The molecular weight excluding hydrogens is 363 g/mol. The lowest BCUT2D eigenvalue weighted by Crippen LogP contribution is -2.49. The third-order valence-electron chi connectivity index (χ3n) is 4.97. The maximum Gasteiger partial charge on any atom is 0.222 e. The first kappa shape index (κ1) is 19.7. The number of amides is 1. The van der Waals surface area contributed by atoms with Gasteiger partial charge in [0.1, 0.15) is 5.82 Å². The van der Waals surface area contributed by atoms with Gasteiger partial charge in [0, 0.05) is 45.6 Å². The fraction of sp³-hybridized carbons (Fsp3) is 0.429. The van der Waals surface area contributed by atoms with E-state index in [1.165, 1.54) is 17.4 Å². The Morgan fingerprint density at radius 2 is 1.78 bits per heavy atom. The highest BCUT2D eigenvalue weighted by Gasteiger charge is 2.21. The van der Waals surface area contributed by atoms with Crippen LogP contribution in [0.2, 0.25) is 0 Å². The first-order valence-electron chi connectivity index (χ1n) is 9.44. The SMILES string of the molecule is O=C(CCCC(=O)N1CCN(CCc2ccccc2F)CC1)c1cccs1. The zero-order valence-corrected chi connectivity index (χ0v) is 16.2. The monoisotopic (exact) mass is 388 g/mol. The maximum absolute atomic E-state index is 13.7. The second-order valence-electron chi connectivity index (χ2n) is 6.82. The molecule has 27 heavy (non-hydrogen) atoms. The molecule has 0 bridgehead atoms. The number of hydrogen-bond donors (Lipinski definition) is 0. The Balaban J connectivity index is 1.34. The predicted octanol–water partition coefficient (Wildman–Crippen LogP) is 3.63. The van der Waals surface area contributed by atoms with E-state index in [4.69, 9.17) is 0 Å². The molecule has 0 radical (unpaired) electrons. The van der Waals surface area contributed by atoms with Crippen molar-refractivity contribution in [2.45, 2.75) is 25.7 Å². The Morgan fingerprint density at radius 3 is 2.48 bits per heavy atom. The molecule has 1 aromatic heterocycles. The summed E-state index contributed by atoms with van der Waals surface area (Å²) in [6, 6.07) is 10.6. The quantitative estimate of drug-likeness (QED) is 0.649. The van der Waals surface area contributed by atoms with E-state index in [-0.39, 0.29) is 17.5 Å². The number of piperazine rings is 1. The van der Waals surface area contributed by atoms with Crippen molar-refractivity contribution in [1.82, 2.24) is 9.80 Å². The Kier molecular flexibility index (Phi) is 7.12. The number of nitrogens with zero attached hydrogens (tertiary/aromatic N) is 2. The lowest BCUT2D eigenvalue weighted by atomic mass is 10.1. The second-order valence-corrected chi connectivity index (χ2v) is 7.77. The smallest absolute Gasteiger partial charge is 0.222 e. The standard InChI is InChI=1S/C21H25FN2O2S/c22-18-6-2-1-5-17(18)10-11-23-12-14-24(15-13-23)21(26)9-3-7-19(25)20-8-4-16-27-20/h1-2,4-6,8,16H,3,7,9-15H2. The van der Waals surface area contributed by atoms with Crippen LogP contribution in [0, 0.1) is 5.82 Å². The molecule has 1 aliphatic rings. The summed E-state index contributed by atoms with van der Waals surface area (Å²) in [5.41, 5.74) is 0.742. The molecule has 1 aliphatic heterocycles. The molecule has 0 aliphatic carbocycles. The highest BCUT2D eigenvalue weighted by molar-refractivity contribution is 7.12. The molecule has 1 aromatic carbocycles. The van der Waals surface area contributed by atoms with Crippen LogP contribution in [-0.2, 0) is 11.2 Å². The molecule has 0 N–H and O–H groups in total. The van der Waals surface area contributed by atoms with Crippen molar-refractivity contribution in [3.05, 3.63) is 58.0 Å². The normalized spacial score (nSPS) is 15.1.